The SMILES string of the molecule is OCC1CCN(Cc2ccccc2NCCc2ccccc2)CC1. The number of aliphatic hydroxyl groups is 1. The van der Waals surface area contributed by atoms with Crippen LogP contribution in [-0.2, 0) is 13.0 Å². The zero-order valence-corrected chi connectivity index (χ0v) is 14.3. The second-order valence-electron chi connectivity index (χ2n) is 6.72. The summed E-state index contributed by atoms with van der Waals surface area (Å²) >= 11 is 0. The van der Waals surface area contributed by atoms with Crippen LogP contribution in [-0.4, -0.2) is 36.2 Å². The van der Waals surface area contributed by atoms with E-state index in [0.29, 0.717) is 12.5 Å². The molecule has 128 valence electrons. The van der Waals surface area contributed by atoms with Crippen molar-refractivity contribution >= 4 is 5.69 Å². The molecule has 0 unspecified atom stereocenters. The van der Waals surface area contributed by atoms with Crippen LogP contribution in [0, 0.1) is 5.92 Å². The smallest absolute Gasteiger partial charge is 0.0460 e. The maximum atomic E-state index is 9.27. The van der Waals surface area contributed by atoms with Gasteiger partial charge in [-0.1, -0.05) is 48.5 Å². The van der Waals surface area contributed by atoms with Gasteiger partial charge in [0.2, 0.25) is 0 Å². The third-order valence-electron chi connectivity index (χ3n) is 4.95. The summed E-state index contributed by atoms with van der Waals surface area (Å²) in [6.45, 7) is 4.46. The normalized spacial score (nSPS) is 16.2. The molecule has 1 aliphatic heterocycles. The fourth-order valence-electron chi connectivity index (χ4n) is 3.38. The number of hydrogen-bond donors (Lipinski definition) is 2. The molecule has 3 nitrogen and oxygen atoms in total. The Bertz CT molecular complexity index is 606. The van der Waals surface area contributed by atoms with Gasteiger partial charge in [-0.15, -0.1) is 0 Å². The summed E-state index contributed by atoms with van der Waals surface area (Å²) in [5, 5.41) is 12.9. The Hall–Kier alpha value is -1.84. The van der Waals surface area contributed by atoms with Crippen LogP contribution >= 0.6 is 0 Å². The first-order valence-corrected chi connectivity index (χ1v) is 9.04. The molecule has 1 fully saturated rings. The Morgan fingerprint density at radius 1 is 0.958 bits per heavy atom. The van der Waals surface area contributed by atoms with E-state index in [1.165, 1.54) is 16.8 Å². The van der Waals surface area contributed by atoms with Crippen molar-refractivity contribution in [2.24, 2.45) is 5.92 Å². The molecule has 1 saturated heterocycles. The average Bonchev–Trinajstić information content (AvgIpc) is 2.65. The van der Waals surface area contributed by atoms with Gasteiger partial charge in [0.1, 0.15) is 0 Å². The van der Waals surface area contributed by atoms with Crippen LogP contribution < -0.4 is 5.32 Å². The molecule has 0 saturated carbocycles. The van der Waals surface area contributed by atoms with Gasteiger partial charge >= 0.3 is 0 Å². The first kappa shape index (κ1) is 17.0. The lowest BCUT2D eigenvalue weighted by molar-refractivity contribution is 0.127. The highest BCUT2D eigenvalue weighted by molar-refractivity contribution is 5.51. The van der Waals surface area contributed by atoms with Gasteiger partial charge in [-0.3, -0.25) is 4.90 Å². The first-order chi connectivity index (χ1) is 11.8. The molecule has 24 heavy (non-hydrogen) atoms. The number of likely N-dealkylation sites (tertiary alicyclic amines) is 1. The highest BCUT2D eigenvalue weighted by Crippen LogP contribution is 2.22. The summed E-state index contributed by atoms with van der Waals surface area (Å²) in [7, 11) is 0. The summed E-state index contributed by atoms with van der Waals surface area (Å²) in [5.41, 5.74) is 3.99. The Balaban J connectivity index is 1.53. The standard InChI is InChI=1S/C21H28N2O/c24-17-19-11-14-23(15-12-19)16-20-8-4-5-9-21(20)22-13-10-18-6-2-1-3-7-18/h1-9,19,22,24H,10-17H2. The molecule has 0 spiro atoms. The van der Waals surface area contributed by atoms with Crippen molar-refractivity contribution in [1.82, 2.24) is 4.90 Å². The predicted molar refractivity (Wildman–Crippen MR) is 100 cm³/mol. The van der Waals surface area contributed by atoms with Crippen molar-refractivity contribution in [2.75, 3.05) is 31.6 Å². The topological polar surface area (TPSA) is 35.5 Å². The van der Waals surface area contributed by atoms with Crippen molar-refractivity contribution in [3.05, 3.63) is 65.7 Å². The number of benzene rings is 2. The third-order valence-corrected chi connectivity index (χ3v) is 4.95. The molecular weight excluding hydrogens is 296 g/mol. The number of aliphatic hydroxyl groups excluding tert-OH is 1. The van der Waals surface area contributed by atoms with Gasteiger partial charge in [-0.05, 0) is 55.5 Å². The Kier molecular flexibility index (Phi) is 6.27. The summed E-state index contributed by atoms with van der Waals surface area (Å²) in [6.07, 6.45) is 3.26. The molecule has 2 aromatic carbocycles. The van der Waals surface area contributed by atoms with Gasteiger partial charge < -0.3 is 10.4 Å². The van der Waals surface area contributed by atoms with Crippen molar-refractivity contribution in [3.8, 4) is 0 Å². The number of nitrogens with one attached hydrogen (secondary N) is 1. The average molecular weight is 324 g/mol. The molecule has 0 bridgehead atoms. The third kappa shape index (κ3) is 4.83. The van der Waals surface area contributed by atoms with Crippen LogP contribution in [0.5, 0.6) is 0 Å². The highest BCUT2D eigenvalue weighted by atomic mass is 16.3. The largest absolute Gasteiger partial charge is 0.396 e. The summed E-state index contributed by atoms with van der Waals surface area (Å²) in [4.78, 5) is 2.50. The molecule has 3 heteroatoms. The number of nitrogens with zero attached hydrogens (tertiary/aromatic N) is 1. The lowest BCUT2D eigenvalue weighted by Gasteiger charge is -2.31. The summed E-state index contributed by atoms with van der Waals surface area (Å²) in [5.74, 6) is 0.500. The second kappa shape index (κ2) is 8.86. The monoisotopic (exact) mass is 324 g/mol. The van der Waals surface area contributed by atoms with Crippen molar-refractivity contribution < 1.29 is 5.11 Å². The molecule has 2 aromatic rings. The number of piperidine rings is 1. The molecule has 0 aliphatic carbocycles. The zero-order valence-electron chi connectivity index (χ0n) is 14.3. The van der Waals surface area contributed by atoms with E-state index in [0.717, 1.165) is 45.4 Å². The number of para-hydroxylation sites is 1. The van der Waals surface area contributed by atoms with Gasteiger partial charge in [-0.25, -0.2) is 0 Å². The van der Waals surface area contributed by atoms with Crippen LogP contribution in [0.25, 0.3) is 0 Å². The molecule has 0 radical (unpaired) electrons. The molecule has 0 amide bonds. The van der Waals surface area contributed by atoms with E-state index in [1.807, 2.05) is 0 Å². The van der Waals surface area contributed by atoms with E-state index in [9.17, 15) is 5.11 Å². The Morgan fingerprint density at radius 3 is 2.42 bits per heavy atom. The lowest BCUT2D eigenvalue weighted by Crippen LogP contribution is -2.34. The van der Waals surface area contributed by atoms with Gasteiger partial charge in [0.15, 0.2) is 0 Å². The molecule has 0 aromatic heterocycles. The maximum Gasteiger partial charge on any atom is 0.0460 e. The van der Waals surface area contributed by atoms with E-state index in [-0.39, 0.29) is 0 Å². The number of rotatable bonds is 7. The Morgan fingerprint density at radius 2 is 1.67 bits per heavy atom. The number of hydrogen-bond acceptors (Lipinski definition) is 3. The molecule has 3 rings (SSSR count). The van der Waals surface area contributed by atoms with E-state index in [4.69, 9.17) is 0 Å². The maximum absolute atomic E-state index is 9.27. The van der Waals surface area contributed by atoms with Crippen molar-refractivity contribution in [2.45, 2.75) is 25.8 Å². The molecule has 2 N–H and O–H groups in total. The van der Waals surface area contributed by atoms with Gasteiger partial charge in [0.05, 0.1) is 0 Å². The van der Waals surface area contributed by atoms with Gasteiger partial charge in [-0.2, -0.15) is 0 Å². The molecular formula is C21H28N2O. The van der Waals surface area contributed by atoms with E-state index in [2.05, 4.69) is 64.8 Å². The van der Waals surface area contributed by atoms with Crippen LogP contribution in [0.2, 0.25) is 0 Å². The van der Waals surface area contributed by atoms with E-state index < -0.39 is 0 Å². The first-order valence-electron chi connectivity index (χ1n) is 9.04. The van der Waals surface area contributed by atoms with E-state index >= 15 is 0 Å². The molecule has 1 aliphatic rings. The fraction of sp³-hybridized carbons (Fsp3) is 0.429. The summed E-state index contributed by atoms with van der Waals surface area (Å²) in [6, 6.07) is 19.2. The van der Waals surface area contributed by atoms with Crippen molar-refractivity contribution in [3.63, 3.8) is 0 Å². The quantitative estimate of drug-likeness (QED) is 0.817. The highest BCUT2D eigenvalue weighted by Gasteiger charge is 2.19. The van der Waals surface area contributed by atoms with Crippen LogP contribution in [0.15, 0.2) is 54.6 Å². The van der Waals surface area contributed by atoms with Crippen LogP contribution in [0.3, 0.4) is 0 Å². The minimum Gasteiger partial charge on any atom is -0.396 e. The summed E-state index contributed by atoms with van der Waals surface area (Å²) < 4.78 is 0. The minimum atomic E-state index is 0.339. The number of anilines is 1. The zero-order chi connectivity index (χ0) is 16.6. The van der Waals surface area contributed by atoms with Crippen LogP contribution in [0.1, 0.15) is 24.0 Å². The predicted octanol–water partition coefficient (Wildman–Crippen LogP) is 3.55. The van der Waals surface area contributed by atoms with E-state index in [1.54, 1.807) is 0 Å². The lowest BCUT2D eigenvalue weighted by atomic mass is 9.97. The van der Waals surface area contributed by atoms with Gasteiger partial charge in [0.25, 0.3) is 0 Å². The Labute approximate surface area is 145 Å². The van der Waals surface area contributed by atoms with Gasteiger partial charge in [0, 0.05) is 25.4 Å². The van der Waals surface area contributed by atoms with Crippen molar-refractivity contribution in [1.29, 1.82) is 0 Å². The second-order valence-corrected chi connectivity index (χ2v) is 6.72. The fourth-order valence-corrected chi connectivity index (χ4v) is 3.38. The molecule has 0 atom stereocenters. The molecule has 1 heterocycles. The van der Waals surface area contributed by atoms with Crippen LogP contribution in [0.4, 0.5) is 5.69 Å². The minimum absolute atomic E-state index is 0.339.